The van der Waals surface area contributed by atoms with Crippen LogP contribution in [0, 0.1) is 24.7 Å². The zero-order valence-corrected chi connectivity index (χ0v) is 24.4. The Morgan fingerprint density at radius 2 is 1.41 bits per heavy atom. The van der Waals surface area contributed by atoms with Gasteiger partial charge in [0.2, 0.25) is 0 Å². The third-order valence-corrected chi connectivity index (χ3v) is 6.23. The Balaban J connectivity index is 0.000000215. The third-order valence-electron chi connectivity index (χ3n) is 6.23. The molecule has 0 aliphatic carbocycles. The first kappa shape index (κ1) is 33.8. The summed E-state index contributed by atoms with van der Waals surface area (Å²) in [4.78, 5) is 20.9. The average molecular weight is 568 g/mol. The molecule has 222 valence electrons. The highest BCUT2D eigenvalue weighted by Gasteiger charge is 2.36. The van der Waals surface area contributed by atoms with Crippen LogP contribution in [0.2, 0.25) is 0 Å². The van der Waals surface area contributed by atoms with Crippen molar-refractivity contribution in [3.8, 4) is 24.7 Å². The number of rotatable bonds is 5. The van der Waals surface area contributed by atoms with Crippen LogP contribution in [0.3, 0.4) is 0 Å². The molecule has 0 spiro atoms. The zero-order valence-electron chi connectivity index (χ0n) is 24.4. The lowest BCUT2D eigenvalue weighted by Crippen LogP contribution is -2.51. The Morgan fingerprint density at radius 3 is 1.88 bits per heavy atom. The minimum absolute atomic E-state index is 0.0367. The van der Waals surface area contributed by atoms with Gasteiger partial charge in [-0.3, -0.25) is 4.79 Å². The van der Waals surface area contributed by atoms with Crippen molar-refractivity contribution in [3.05, 3.63) is 48.0 Å². The lowest BCUT2D eigenvalue weighted by Gasteiger charge is -2.39. The van der Waals surface area contributed by atoms with E-state index in [1.54, 1.807) is 27.7 Å². The second-order valence-corrected chi connectivity index (χ2v) is 10.9. The van der Waals surface area contributed by atoms with Crippen molar-refractivity contribution >= 4 is 22.7 Å². The Bertz CT molecular complexity index is 1200. The van der Waals surface area contributed by atoms with E-state index in [0.717, 1.165) is 0 Å². The van der Waals surface area contributed by atoms with Gasteiger partial charge >= 0.3 is 5.97 Å². The summed E-state index contributed by atoms with van der Waals surface area (Å²) in [5.41, 5.74) is 5.39. The highest BCUT2D eigenvalue weighted by atomic mass is 16.7. The van der Waals surface area contributed by atoms with Gasteiger partial charge in [0.15, 0.2) is 11.6 Å². The Labute approximate surface area is 242 Å². The maximum atomic E-state index is 10.5. The number of carboxylic acids is 2. The van der Waals surface area contributed by atoms with Gasteiger partial charge in [-0.1, -0.05) is 54.3 Å². The largest absolute Gasteiger partial charge is 0.550 e. The van der Waals surface area contributed by atoms with Gasteiger partial charge in [-0.2, -0.15) is 0 Å². The minimum atomic E-state index is -1.14. The van der Waals surface area contributed by atoms with Gasteiger partial charge in [0, 0.05) is 30.8 Å². The van der Waals surface area contributed by atoms with Crippen LogP contribution < -0.4 is 10.8 Å². The van der Waals surface area contributed by atoms with E-state index < -0.39 is 29.6 Å². The van der Waals surface area contributed by atoms with Gasteiger partial charge in [0.25, 0.3) is 0 Å². The van der Waals surface area contributed by atoms with Crippen LogP contribution in [0.4, 0.5) is 0 Å². The van der Waals surface area contributed by atoms with Gasteiger partial charge in [-0.15, -0.1) is 12.8 Å². The number of quaternary nitrogens is 1. The van der Waals surface area contributed by atoms with Crippen LogP contribution in [-0.2, 0) is 28.5 Å². The molecule has 4 N–H and O–H groups in total. The number of hydrogen-bond acceptors (Lipinski definition) is 7. The van der Waals surface area contributed by atoms with Crippen molar-refractivity contribution in [1.82, 2.24) is 0 Å². The molecular weight excluding hydrogens is 526 g/mol. The smallest absolute Gasteiger partial charge is 0.305 e. The highest BCUT2D eigenvalue weighted by molar-refractivity contribution is 5.85. The molecular formula is C32H41NO8. The Hall–Kier alpha value is -3.44. The molecule has 0 radical (unpaired) electrons. The summed E-state index contributed by atoms with van der Waals surface area (Å²) in [5, 5.41) is 21.6. The fourth-order valence-electron chi connectivity index (χ4n) is 4.73. The number of carbonyl (C=O) groups is 2. The molecule has 9 heteroatoms. The van der Waals surface area contributed by atoms with Crippen molar-refractivity contribution in [1.29, 1.82) is 0 Å². The topological polar surface area (TPSA) is 142 Å². The molecule has 0 bridgehead atoms. The van der Waals surface area contributed by atoms with Gasteiger partial charge in [-0.05, 0) is 45.4 Å². The summed E-state index contributed by atoms with van der Waals surface area (Å²) < 4.78 is 21.5. The average Bonchev–Trinajstić information content (AvgIpc) is 2.86. The van der Waals surface area contributed by atoms with Crippen molar-refractivity contribution in [2.75, 3.05) is 0 Å². The second kappa shape index (κ2) is 15.0. The second-order valence-electron chi connectivity index (χ2n) is 10.9. The number of hydrogen-bond donors (Lipinski definition) is 2. The van der Waals surface area contributed by atoms with Gasteiger partial charge in [-0.25, -0.2) is 0 Å². The number of benzene rings is 2. The zero-order chi connectivity index (χ0) is 30.8. The van der Waals surface area contributed by atoms with E-state index in [4.69, 9.17) is 36.9 Å². The summed E-state index contributed by atoms with van der Waals surface area (Å²) >= 11 is 0. The molecule has 2 saturated heterocycles. The van der Waals surface area contributed by atoms with Crippen LogP contribution in [-0.4, -0.2) is 53.0 Å². The van der Waals surface area contributed by atoms with Crippen LogP contribution in [0.1, 0.15) is 71.9 Å². The van der Waals surface area contributed by atoms with Crippen molar-refractivity contribution in [2.45, 2.75) is 102 Å². The summed E-state index contributed by atoms with van der Waals surface area (Å²) in [6.45, 7) is 9.00. The van der Waals surface area contributed by atoms with Gasteiger partial charge in [0.05, 0.1) is 18.6 Å². The van der Waals surface area contributed by atoms with Gasteiger partial charge in [0.1, 0.15) is 18.2 Å². The standard InChI is InChI=1S/C12H13N.2C10H14O4/c1-9(13)11-8-4-6-10-5-2-3-7-12(10)11;2*1-4-7-5-8(6-9(11)12)14-10(2,3)13-7/h2-9H,13H2,1H3;2*1,7-8H,5-6H2,2-3H3,(H,11,12)/t9-;2*7-,8-/m111/s1. The van der Waals surface area contributed by atoms with E-state index in [-0.39, 0.29) is 31.2 Å². The number of carbonyl (C=O) groups excluding carboxylic acids is 1. The van der Waals surface area contributed by atoms with Crippen molar-refractivity contribution < 1.29 is 44.5 Å². The molecule has 2 fully saturated rings. The molecule has 9 nitrogen and oxygen atoms in total. The molecule has 2 aliphatic heterocycles. The number of ether oxygens (including phenoxy) is 4. The summed E-state index contributed by atoms with van der Waals surface area (Å²) in [7, 11) is 0. The molecule has 41 heavy (non-hydrogen) atoms. The molecule has 0 aromatic heterocycles. The van der Waals surface area contributed by atoms with E-state index in [2.05, 4.69) is 67.0 Å². The maximum Gasteiger partial charge on any atom is 0.305 e. The summed E-state index contributed by atoms with van der Waals surface area (Å²) in [6, 6.07) is 15.2. The summed E-state index contributed by atoms with van der Waals surface area (Å²) in [5.74, 6) is 1.27. The number of terminal acetylenes is 2. The van der Waals surface area contributed by atoms with Crippen LogP contribution in [0.25, 0.3) is 10.8 Å². The molecule has 2 heterocycles. The number of aliphatic carboxylic acids is 2. The normalized spacial score (nSPS) is 25.1. The van der Waals surface area contributed by atoms with E-state index in [9.17, 15) is 14.7 Å². The van der Waals surface area contributed by atoms with E-state index in [1.807, 2.05) is 0 Å². The molecule has 0 unspecified atom stereocenters. The van der Waals surface area contributed by atoms with E-state index >= 15 is 0 Å². The predicted octanol–water partition coefficient (Wildman–Crippen LogP) is 2.82. The number of carboxylic acid groups (broad SMARTS) is 2. The first-order valence-electron chi connectivity index (χ1n) is 13.5. The van der Waals surface area contributed by atoms with Crippen LogP contribution in [0.5, 0.6) is 0 Å². The quantitative estimate of drug-likeness (QED) is 0.526. The van der Waals surface area contributed by atoms with Crippen LogP contribution in [0.15, 0.2) is 42.5 Å². The van der Waals surface area contributed by atoms with E-state index in [0.29, 0.717) is 18.9 Å². The first-order valence-corrected chi connectivity index (χ1v) is 13.5. The van der Waals surface area contributed by atoms with Gasteiger partial charge < -0.3 is 39.7 Å². The van der Waals surface area contributed by atoms with Crippen LogP contribution >= 0.6 is 0 Å². The molecule has 0 amide bonds. The number of fused-ring (bicyclic) bond motifs is 1. The molecule has 2 aliphatic rings. The fraction of sp³-hybridized carbons (Fsp3) is 0.500. The molecule has 2 aromatic carbocycles. The molecule has 0 saturated carbocycles. The monoisotopic (exact) mass is 567 g/mol. The Kier molecular flexibility index (Phi) is 12.3. The van der Waals surface area contributed by atoms with Crippen molar-refractivity contribution in [3.63, 3.8) is 0 Å². The summed E-state index contributed by atoms with van der Waals surface area (Å²) in [6.07, 6.45) is 9.58. The van der Waals surface area contributed by atoms with Crippen molar-refractivity contribution in [2.24, 2.45) is 0 Å². The lowest BCUT2D eigenvalue weighted by molar-refractivity contribution is -0.420. The molecule has 2 aromatic rings. The third kappa shape index (κ3) is 11.5. The predicted molar refractivity (Wildman–Crippen MR) is 152 cm³/mol. The highest BCUT2D eigenvalue weighted by Crippen LogP contribution is 2.29. The van der Waals surface area contributed by atoms with E-state index in [1.165, 1.54) is 16.3 Å². The minimum Gasteiger partial charge on any atom is -0.550 e. The lowest BCUT2D eigenvalue weighted by atomic mass is 10.0. The molecule has 5 atom stereocenters. The SMILES string of the molecule is C#C[C@@H]1C[C@H](CC(=O)O)OC(C)(C)O1.C#C[C@@H]1C[C@H](CC(=O)[O-])OC(C)(C)O1.C[C@@H]([NH3+])c1cccc2ccccc12. The Morgan fingerprint density at radius 1 is 0.927 bits per heavy atom. The maximum absolute atomic E-state index is 10.5. The first-order chi connectivity index (χ1) is 19.1. The fourth-order valence-corrected chi connectivity index (χ4v) is 4.73. The molecule has 4 rings (SSSR count).